The Morgan fingerprint density at radius 2 is 1.95 bits per heavy atom. The van der Waals surface area contributed by atoms with Crippen LogP contribution >= 0.6 is 27.5 Å². The molecule has 0 saturated carbocycles. The predicted molar refractivity (Wildman–Crippen MR) is 82.3 cm³/mol. The first-order valence-electron chi connectivity index (χ1n) is 5.70. The van der Waals surface area contributed by atoms with E-state index in [1.165, 1.54) is 18.2 Å². The summed E-state index contributed by atoms with van der Waals surface area (Å²) in [5.41, 5.74) is 0.456. The van der Waals surface area contributed by atoms with E-state index in [9.17, 15) is 12.8 Å². The van der Waals surface area contributed by atoms with Crippen LogP contribution in [0, 0.1) is 5.82 Å². The number of sulfonamides is 1. The van der Waals surface area contributed by atoms with Crippen molar-refractivity contribution in [3.63, 3.8) is 0 Å². The minimum atomic E-state index is -3.94. The van der Waals surface area contributed by atoms with Gasteiger partial charge in [0.25, 0.3) is 10.0 Å². The van der Waals surface area contributed by atoms with E-state index in [1.807, 2.05) is 0 Å². The molecular formula is C13H10BrClFNO3S. The van der Waals surface area contributed by atoms with Gasteiger partial charge in [-0.3, -0.25) is 4.72 Å². The highest BCUT2D eigenvalue weighted by molar-refractivity contribution is 9.10. The van der Waals surface area contributed by atoms with Crippen molar-refractivity contribution in [3.8, 4) is 0 Å². The molecule has 21 heavy (non-hydrogen) atoms. The molecule has 2 N–H and O–H groups in total. The maximum Gasteiger partial charge on any atom is 0.263 e. The van der Waals surface area contributed by atoms with Crippen LogP contribution in [-0.2, 0) is 16.6 Å². The predicted octanol–water partition coefficient (Wildman–Crippen LogP) is 3.53. The third-order valence-electron chi connectivity index (χ3n) is 2.58. The fourth-order valence-corrected chi connectivity index (χ4v) is 3.95. The minimum absolute atomic E-state index is 0.0151. The molecule has 2 aromatic rings. The van der Waals surface area contributed by atoms with Gasteiger partial charge in [0.05, 0.1) is 12.3 Å². The zero-order valence-electron chi connectivity index (χ0n) is 10.5. The normalized spacial score (nSPS) is 11.4. The lowest BCUT2D eigenvalue weighted by atomic mass is 10.2. The van der Waals surface area contributed by atoms with Crippen molar-refractivity contribution in [2.24, 2.45) is 0 Å². The van der Waals surface area contributed by atoms with E-state index < -0.39 is 15.8 Å². The van der Waals surface area contributed by atoms with Crippen molar-refractivity contribution >= 4 is 43.2 Å². The summed E-state index contributed by atoms with van der Waals surface area (Å²) in [7, 11) is -3.94. The van der Waals surface area contributed by atoms with Crippen LogP contribution in [0.4, 0.5) is 10.1 Å². The van der Waals surface area contributed by atoms with E-state index in [0.29, 0.717) is 10.0 Å². The fourth-order valence-electron chi connectivity index (χ4n) is 1.67. The van der Waals surface area contributed by atoms with Crippen molar-refractivity contribution in [3.05, 3.63) is 57.3 Å². The number of aliphatic hydroxyl groups excluding tert-OH is 1. The third-order valence-corrected chi connectivity index (χ3v) is 5.18. The molecule has 0 amide bonds. The van der Waals surface area contributed by atoms with Gasteiger partial charge in [-0.05, 0) is 51.8 Å². The number of hydrogen-bond acceptors (Lipinski definition) is 3. The summed E-state index contributed by atoms with van der Waals surface area (Å²) in [6.45, 7) is -0.290. The van der Waals surface area contributed by atoms with E-state index >= 15 is 0 Å². The summed E-state index contributed by atoms with van der Waals surface area (Å²) < 4.78 is 40.5. The SMILES string of the molecule is O=S(=O)(Nc1cc(F)cc(Cl)c1)c1cc(CO)ccc1Br. The van der Waals surface area contributed by atoms with E-state index in [0.717, 1.165) is 12.1 Å². The van der Waals surface area contributed by atoms with Crippen molar-refractivity contribution < 1.29 is 17.9 Å². The van der Waals surface area contributed by atoms with Crippen LogP contribution in [0.1, 0.15) is 5.56 Å². The van der Waals surface area contributed by atoms with Gasteiger partial charge >= 0.3 is 0 Å². The molecule has 0 aliphatic rings. The molecule has 0 bridgehead atoms. The maximum atomic E-state index is 13.2. The number of nitrogens with one attached hydrogen (secondary N) is 1. The topological polar surface area (TPSA) is 66.4 Å². The largest absolute Gasteiger partial charge is 0.392 e. The molecule has 0 spiro atoms. The molecule has 4 nitrogen and oxygen atoms in total. The molecule has 0 fully saturated rings. The van der Waals surface area contributed by atoms with Crippen LogP contribution in [0.2, 0.25) is 5.02 Å². The third kappa shape index (κ3) is 3.94. The second-order valence-electron chi connectivity index (χ2n) is 4.19. The lowest BCUT2D eigenvalue weighted by Crippen LogP contribution is -2.14. The number of benzene rings is 2. The molecule has 112 valence electrons. The van der Waals surface area contributed by atoms with Gasteiger partial charge in [0.15, 0.2) is 0 Å². The van der Waals surface area contributed by atoms with Gasteiger partial charge in [0.2, 0.25) is 0 Å². The Labute approximate surface area is 134 Å². The molecule has 0 aliphatic carbocycles. The number of hydrogen-bond donors (Lipinski definition) is 2. The molecule has 0 unspecified atom stereocenters. The number of halogens is 3. The van der Waals surface area contributed by atoms with Gasteiger partial charge in [-0.2, -0.15) is 0 Å². The summed E-state index contributed by atoms with van der Waals surface area (Å²) in [5, 5.41) is 9.16. The smallest absolute Gasteiger partial charge is 0.263 e. The Hall–Kier alpha value is -1.15. The molecule has 0 atom stereocenters. The second-order valence-corrected chi connectivity index (χ2v) is 7.13. The first-order valence-corrected chi connectivity index (χ1v) is 8.35. The Morgan fingerprint density at radius 1 is 1.24 bits per heavy atom. The van der Waals surface area contributed by atoms with Crippen LogP contribution in [-0.4, -0.2) is 13.5 Å². The van der Waals surface area contributed by atoms with E-state index in [-0.39, 0.29) is 22.2 Å². The van der Waals surface area contributed by atoms with Crippen molar-refractivity contribution in [2.45, 2.75) is 11.5 Å². The van der Waals surface area contributed by atoms with E-state index in [1.54, 1.807) is 6.07 Å². The Kier molecular flexibility index (Phi) is 4.88. The highest BCUT2D eigenvalue weighted by Gasteiger charge is 2.19. The Bertz CT molecular complexity index is 763. The summed E-state index contributed by atoms with van der Waals surface area (Å²) in [6.07, 6.45) is 0. The standard InChI is InChI=1S/C13H10BrClFNO3S/c14-12-2-1-8(7-18)3-13(12)21(19,20)17-11-5-9(15)4-10(16)6-11/h1-6,17-18H,7H2. The highest BCUT2D eigenvalue weighted by Crippen LogP contribution is 2.27. The summed E-state index contributed by atoms with van der Waals surface area (Å²) >= 11 is 8.82. The monoisotopic (exact) mass is 393 g/mol. The molecule has 0 aliphatic heterocycles. The molecule has 0 heterocycles. The molecule has 8 heteroatoms. The van der Waals surface area contributed by atoms with Gasteiger partial charge in [0.1, 0.15) is 10.7 Å². The molecule has 0 aromatic heterocycles. The van der Waals surface area contributed by atoms with Gasteiger partial charge in [-0.15, -0.1) is 0 Å². The van der Waals surface area contributed by atoms with Gasteiger partial charge < -0.3 is 5.11 Å². The van der Waals surface area contributed by atoms with E-state index in [4.69, 9.17) is 16.7 Å². The van der Waals surface area contributed by atoms with Crippen molar-refractivity contribution in [2.75, 3.05) is 4.72 Å². The quantitative estimate of drug-likeness (QED) is 0.833. The van der Waals surface area contributed by atoms with E-state index in [2.05, 4.69) is 20.7 Å². The van der Waals surface area contributed by atoms with Gasteiger partial charge in [-0.1, -0.05) is 17.7 Å². The zero-order valence-corrected chi connectivity index (χ0v) is 13.6. The Morgan fingerprint density at radius 3 is 2.57 bits per heavy atom. The van der Waals surface area contributed by atoms with Crippen LogP contribution in [0.25, 0.3) is 0 Å². The number of aliphatic hydroxyl groups is 1. The second kappa shape index (κ2) is 6.31. The van der Waals surface area contributed by atoms with Crippen LogP contribution in [0.15, 0.2) is 45.8 Å². The summed E-state index contributed by atoms with van der Waals surface area (Å²) in [5.74, 6) is -0.650. The molecule has 0 saturated heterocycles. The average Bonchev–Trinajstić information content (AvgIpc) is 2.37. The van der Waals surface area contributed by atoms with Crippen molar-refractivity contribution in [1.82, 2.24) is 0 Å². The molecule has 0 radical (unpaired) electrons. The summed E-state index contributed by atoms with van der Waals surface area (Å²) in [6, 6.07) is 7.81. The molecule has 2 aromatic carbocycles. The summed E-state index contributed by atoms with van der Waals surface area (Å²) in [4.78, 5) is -0.0607. The van der Waals surface area contributed by atoms with Crippen molar-refractivity contribution in [1.29, 1.82) is 0 Å². The average molecular weight is 395 g/mol. The molecular weight excluding hydrogens is 385 g/mol. The lowest BCUT2D eigenvalue weighted by molar-refractivity contribution is 0.281. The first-order chi connectivity index (χ1) is 9.81. The minimum Gasteiger partial charge on any atom is -0.392 e. The number of rotatable bonds is 4. The Balaban J connectivity index is 2.42. The van der Waals surface area contributed by atoms with Crippen LogP contribution in [0.5, 0.6) is 0 Å². The number of anilines is 1. The van der Waals surface area contributed by atoms with Gasteiger partial charge in [0, 0.05) is 9.50 Å². The zero-order chi connectivity index (χ0) is 15.6. The van der Waals surface area contributed by atoms with Crippen LogP contribution < -0.4 is 4.72 Å². The highest BCUT2D eigenvalue weighted by atomic mass is 79.9. The fraction of sp³-hybridized carbons (Fsp3) is 0.0769. The van der Waals surface area contributed by atoms with Crippen LogP contribution in [0.3, 0.4) is 0 Å². The lowest BCUT2D eigenvalue weighted by Gasteiger charge is -2.11. The molecule has 2 rings (SSSR count). The first kappa shape index (κ1) is 16.2. The van der Waals surface area contributed by atoms with Gasteiger partial charge in [-0.25, -0.2) is 12.8 Å². The maximum absolute atomic E-state index is 13.2.